The minimum atomic E-state index is 0.148. The van der Waals surface area contributed by atoms with Gasteiger partial charge in [-0.3, -0.25) is 14.8 Å². The van der Waals surface area contributed by atoms with Crippen molar-refractivity contribution in [3.63, 3.8) is 0 Å². The molecule has 4 rings (SSSR count). The van der Waals surface area contributed by atoms with Crippen LogP contribution in [0.5, 0.6) is 0 Å². The van der Waals surface area contributed by atoms with Gasteiger partial charge in [0.2, 0.25) is 5.91 Å². The molecule has 0 aliphatic carbocycles. The van der Waals surface area contributed by atoms with Gasteiger partial charge in [-0.25, -0.2) is 0 Å². The minimum absolute atomic E-state index is 0.148. The second-order valence-corrected chi connectivity index (χ2v) is 5.96. The lowest BCUT2D eigenvalue weighted by Gasteiger charge is -2.26. The van der Waals surface area contributed by atoms with E-state index in [9.17, 15) is 4.79 Å². The number of fused-ring (bicyclic) bond motifs is 1. The Morgan fingerprint density at radius 1 is 1.25 bits per heavy atom. The van der Waals surface area contributed by atoms with Crippen molar-refractivity contribution in [2.24, 2.45) is 0 Å². The number of nitrogens with zero attached hydrogens (tertiary/aromatic N) is 3. The number of H-pyrrole nitrogens is 1. The van der Waals surface area contributed by atoms with E-state index in [4.69, 9.17) is 0 Å². The molecule has 0 atom stereocenters. The summed E-state index contributed by atoms with van der Waals surface area (Å²) in [5.74, 6) is 0.148. The molecule has 120 valence electrons. The number of pyridine rings is 2. The summed E-state index contributed by atoms with van der Waals surface area (Å²) in [6.07, 6.45) is 10.7. The standard InChI is InChI=1S/C19H18N4O/c24-18(11-14-3-1-7-20-12-14)23-9-5-15(6-10-23)16-13-22-17-4-2-8-21-19(16)17/h1-5,7-8,12-13,22H,6,9-11H2. The Labute approximate surface area is 140 Å². The Bertz CT molecular complexity index is 898. The van der Waals surface area contributed by atoms with E-state index in [1.165, 1.54) is 5.57 Å². The molecule has 5 nitrogen and oxygen atoms in total. The van der Waals surface area contributed by atoms with E-state index in [0.29, 0.717) is 13.0 Å². The van der Waals surface area contributed by atoms with Crippen molar-refractivity contribution in [3.05, 3.63) is 66.3 Å². The Morgan fingerprint density at radius 2 is 2.17 bits per heavy atom. The normalized spacial score (nSPS) is 14.7. The SMILES string of the molecule is O=C(Cc1cccnc1)N1CC=C(c2c[nH]c3cccnc23)CC1. The number of nitrogens with one attached hydrogen (secondary N) is 1. The molecule has 1 N–H and O–H groups in total. The van der Waals surface area contributed by atoms with Gasteiger partial charge in [0.1, 0.15) is 0 Å². The number of hydrogen-bond acceptors (Lipinski definition) is 3. The van der Waals surface area contributed by atoms with E-state index in [0.717, 1.165) is 35.1 Å². The fourth-order valence-corrected chi connectivity index (χ4v) is 3.13. The van der Waals surface area contributed by atoms with Crippen molar-refractivity contribution in [2.75, 3.05) is 13.1 Å². The average molecular weight is 318 g/mol. The zero-order chi connectivity index (χ0) is 16.4. The van der Waals surface area contributed by atoms with Gasteiger partial charge in [-0.1, -0.05) is 12.1 Å². The molecule has 3 aromatic rings. The third-order valence-corrected chi connectivity index (χ3v) is 4.42. The molecule has 0 saturated heterocycles. The maximum atomic E-state index is 12.4. The first-order chi connectivity index (χ1) is 11.8. The number of amides is 1. The average Bonchev–Trinajstić information content (AvgIpc) is 3.07. The van der Waals surface area contributed by atoms with Gasteiger partial charge in [-0.2, -0.15) is 0 Å². The monoisotopic (exact) mass is 318 g/mol. The highest BCUT2D eigenvalue weighted by molar-refractivity contribution is 5.90. The molecule has 0 spiro atoms. The lowest BCUT2D eigenvalue weighted by Crippen LogP contribution is -2.35. The van der Waals surface area contributed by atoms with Gasteiger partial charge in [0.25, 0.3) is 0 Å². The molecule has 0 radical (unpaired) electrons. The van der Waals surface area contributed by atoms with Crippen molar-refractivity contribution in [1.82, 2.24) is 19.9 Å². The van der Waals surface area contributed by atoms with Gasteiger partial charge in [-0.15, -0.1) is 0 Å². The molecule has 3 aromatic heterocycles. The van der Waals surface area contributed by atoms with Gasteiger partial charge < -0.3 is 9.88 Å². The van der Waals surface area contributed by atoms with Gasteiger partial charge in [0, 0.05) is 43.4 Å². The van der Waals surface area contributed by atoms with Crippen LogP contribution in [-0.2, 0) is 11.2 Å². The second-order valence-electron chi connectivity index (χ2n) is 5.96. The Kier molecular flexibility index (Phi) is 3.83. The summed E-state index contributed by atoms with van der Waals surface area (Å²) in [5, 5.41) is 0. The van der Waals surface area contributed by atoms with Crippen LogP contribution in [-0.4, -0.2) is 38.8 Å². The van der Waals surface area contributed by atoms with Crippen LogP contribution in [0.4, 0.5) is 0 Å². The number of hydrogen-bond donors (Lipinski definition) is 1. The summed E-state index contributed by atoms with van der Waals surface area (Å²) in [6, 6.07) is 7.75. The first-order valence-electron chi connectivity index (χ1n) is 8.09. The van der Waals surface area contributed by atoms with Crippen LogP contribution in [0.3, 0.4) is 0 Å². The summed E-state index contributed by atoms with van der Waals surface area (Å²) in [6.45, 7) is 1.39. The Balaban J connectivity index is 1.48. The Morgan fingerprint density at radius 3 is 2.96 bits per heavy atom. The summed E-state index contributed by atoms with van der Waals surface area (Å²) >= 11 is 0. The van der Waals surface area contributed by atoms with Crippen molar-refractivity contribution < 1.29 is 4.79 Å². The maximum absolute atomic E-state index is 12.4. The maximum Gasteiger partial charge on any atom is 0.227 e. The van der Waals surface area contributed by atoms with Crippen molar-refractivity contribution in [2.45, 2.75) is 12.8 Å². The predicted octanol–water partition coefficient (Wildman–Crippen LogP) is 2.82. The van der Waals surface area contributed by atoms with Gasteiger partial charge in [0.05, 0.1) is 17.5 Å². The number of aromatic amines is 1. The number of aromatic nitrogens is 3. The summed E-state index contributed by atoms with van der Waals surface area (Å²) in [5.41, 5.74) is 5.40. The fourth-order valence-electron chi connectivity index (χ4n) is 3.13. The lowest BCUT2D eigenvalue weighted by atomic mass is 10.0. The topological polar surface area (TPSA) is 61.9 Å². The molecular weight excluding hydrogens is 300 g/mol. The van der Waals surface area contributed by atoms with E-state index in [-0.39, 0.29) is 5.91 Å². The molecule has 4 heterocycles. The third-order valence-electron chi connectivity index (χ3n) is 4.42. The molecule has 1 aliphatic heterocycles. The van der Waals surface area contributed by atoms with E-state index in [2.05, 4.69) is 21.0 Å². The summed E-state index contributed by atoms with van der Waals surface area (Å²) in [7, 11) is 0. The molecular formula is C19H18N4O. The fraction of sp³-hybridized carbons (Fsp3) is 0.211. The molecule has 1 amide bonds. The Hall–Kier alpha value is -2.95. The van der Waals surface area contributed by atoms with Crippen LogP contribution >= 0.6 is 0 Å². The van der Waals surface area contributed by atoms with Crippen LogP contribution in [0, 0.1) is 0 Å². The highest BCUT2D eigenvalue weighted by Crippen LogP contribution is 2.27. The van der Waals surface area contributed by atoms with E-state index >= 15 is 0 Å². The van der Waals surface area contributed by atoms with E-state index in [1.807, 2.05) is 41.6 Å². The molecule has 0 unspecified atom stereocenters. The molecule has 5 heteroatoms. The van der Waals surface area contributed by atoms with E-state index in [1.54, 1.807) is 12.4 Å². The molecule has 1 aliphatic rings. The highest BCUT2D eigenvalue weighted by atomic mass is 16.2. The molecule has 0 aromatic carbocycles. The summed E-state index contributed by atoms with van der Waals surface area (Å²) in [4.78, 5) is 26.1. The van der Waals surface area contributed by atoms with Crippen molar-refractivity contribution in [3.8, 4) is 0 Å². The molecule has 24 heavy (non-hydrogen) atoms. The van der Waals surface area contributed by atoms with Crippen LogP contribution in [0.2, 0.25) is 0 Å². The van der Waals surface area contributed by atoms with Crippen LogP contribution < -0.4 is 0 Å². The smallest absolute Gasteiger partial charge is 0.227 e. The summed E-state index contributed by atoms with van der Waals surface area (Å²) < 4.78 is 0. The van der Waals surface area contributed by atoms with Gasteiger partial charge >= 0.3 is 0 Å². The van der Waals surface area contributed by atoms with E-state index < -0.39 is 0 Å². The third kappa shape index (κ3) is 2.80. The van der Waals surface area contributed by atoms with Gasteiger partial charge in [0.15, 0.2) is 0 Å². The second kappa shape index (κ2) is 6.28. The van der Waals surface area contributed by atoms with Crippen LogP contribution in [0.25, 0.3) is 16.6 Å². The van der Waals surface area contributed by atoms with Crippen molar-refractivity contribution >= 4 is 22.5 Å². The molecule has 0 bridgehead atoms. The van der Waals surface area contributed by atoms with Crippen molar-refractivity contribution in [1.29, 1.82) is 0 Å². The largest absolute Gasteiger partial charge is 0.359 e. The first-order valence-corrected chi connectivity index (χ1v) is 8.09. The van der Waals surface area contributed by atoms with Gasteiger partial charge in [-0.05, 0) is 35.8 Å². The zero-order valence-electron chi connectivity index (χ0n) is 13.3. The first kappa shape index (κ1) is 14.6. The lowest BCUT2D eigenvalue weighted by molar-refractivity contribution is -0.130. The highest BCUT2D eigenvalue weighted by Gasteiger charge is 2.19. The minimum Gasteiger partial charge on any atom is -0.359 e. The molecule has 0 saturated carbocycles. The number of carbonyl (C=O) groups is 1. The number of carbonyl (C=O) groups excluding carboxylic acids is 1. The quantitative estimate of drug-likeness (QED) is 0.808. The predicted molar refractivity (Wildman–Crippen MR) is 93.2 cm³/mol. The van der Waals surface area contributed by atoms with Crippen LogP contribution in [0.1, 0.15) is 17.5 Å². The van der Waals surface area contributed by atoms with Crippen LogP contribution in [0.15, 0.2) is 55.1 Å². The molecule has 0 fully saturated rings. The zero-order valence-corrected chi connectivity index (χ0v) is 13.3. The number of rotatable bonds is 3.